The van der Waals surface area contributed by atoms with Crippen molar-refractivity contribution in [1.82, 2.24) is 4.90 Å². The number of amides is 2. The van der Waals surface area contributed by atoms with E-state index in [-0.39, 0.29) is 23.8 Å². The highest BCUT2D eigenvalue weighted by Gasteiger charge is 2.32. The average Bonchev–Trinajstić information content (AvgIpc) is 2.62. The van der Waals surface area contributed by atoms with Gasteiger partial charge in [-0.2, -0.15) is 0 Å². The Labute approximate surface area is 142 Å². The molecule has 1 aromatic carbocycles. The molecule has 2 fully saturated rings. The summed E-state index contributed by atoms with van der Waals surface area (Å²) in [6, 6.07) is 7.84. The van der Waals surface area contributed by atoms with Crippen LogP contribution in [0.15, 0.2) is 24.3 Å². The van der Waals surface area contributed by atoms with Gasteiger partial charge in [-0.3, -0.25) is 9.59 Å². The molecule has 2 amide bonds. The van der Waals surface area contributed by atoms with Crippen LogP contribution in [-0.2, 0) is 9.53 Å². The van der Waals surface area contributed by atoms with Gasteiger partial charge in [0, 0.05) is 36.9 Å². The summed E-state index contributed by atoms with van der Waals surface area (Å²) in [6.45, 7) is 5.66. The van der Waals surface area contributed by atoms with E-state index in [1.165, 1.54) is 0 Å². The second-order valence-electron chi connectivity index (χ2n) is 6.63. The summed E-state index contributed by atoms with van der Waals surface area (Å²) >= 11 is 0. The Bertz CT molecular complexity index is 596. The van der Waals surface area contributed by atoms with Crippen molar-refractivity contribution in [3.05, 3.63) is 29.8 Å². The Morgan fingerprint density at radius 3 is 2.42 bits per heavy atom. The molecule has 2 heterocycles. The number of likely N-dealkylation sites (tertiary alicyclic amines) is 1. The van der Waals surface area contributed by atoms with Crippen LogP contribution in [0.25, 0.3) is 0 Å². The molecule has 0 unspecified atom stereocenters. The zero-order chi connectivity index (χ0) is 17.1. The van der Waals surface area contributed by atoms with Gasteiger partial charge in [-0.1, -0.05) is 0 Å². The number of carbonyl (C=O) groups excluding carboxylic acids is 2. The van der Waals surface area contributed by atoms with E-state index in [1.807, 2.05) is 31.2 Å². The minimum atomic E-state index is -0.317. The number of morpholine rings is 1. The van der Waals surface area contributed by atoms with Crippen LogP contribution >= 0.6 is 0 Å². The summed E-state index contributed by atoms with van der Waals surface area (Å²) in [4.78, 5) is 28.3. The number of nitrogens with two attached hydrogens (primary N) is 1. The number of anilines is 1. The highest BCUT2D eigenvalue weighted by atomic mass is 16.5. The molecular formula is C18H25N3O3. The normalized spacial score (nSPS) is 24.7. The lowest BCUT2D eigenvalue weighted by molar-refractivity contribution is -0.123. The third kappa shape index (κ3) is 3.53. The molecule has 0 radical (unpaired) electrons. The van der Waals surface area contributed by atoms with E-state index in [0.717, 1.165) is 44.8 Å². The molecule has 0 aromatic heterocycles. The molecule has 2 saturated heterocycles. The van der Waals surface area contributed by atoms with Gasteiger partial charge in [-0.25, -0.2) is 0 Å². The lowest BCUT2D eigenvalue weighted by atomic mass is 9.92. The van der Waals surface area contributed by atoms with E-state index in [0.29, 0.717) is 12.1 Å². The summed E-state index contributed by atoms with van der Waals surface area (Å²) in [6.07, 6.45) is 1.57. The average molecular weight is 331 g/mol. The largest absolute Gasteiger partial charge is 0.378 e. The van der Waals surface area contributed by atoms with Crippen molar-refractivity contribution < 1.29 is 14.3 Å². The number of benzene rings is 1. The number of carbonyl (C=O) groups is 2. The van der Waals surface area contributed by atoms with Crippen LogP contribution in [0.4, 0.5) is 5.69 Å². The number of nitrogens with zero attached hydrogens (tertiary/aromatic N) is 2. The molecule has 6 nitrogen and oxygen atoms in total. The van der Waals surface area contributed by atoms with Gasteiger partial charge in [-0.15, -0.1) is 0 Å². The molecular weight excluding hydrogens is 306 g/mol. The predicted octanol–water partition coefficient (Wildman–Crippen LogP) is 1.25. The van der Waals surface area contributed by atoms with Gasteiger partial charge in [0.05, 0.1) is 19.1 Å². The molecule has 2 atom stereocenters. The molecule has 3 rings (SSSR count). The summed E-state index contributed by atoms with van der Waals surface area (Å²) in [5, 5.41) is 0. The topological polar surface area (TPSA) is 75.9 Å². The third-order valence-corrected chi connectivity index (χ3v) is 5.04. The van der Waals surface area contributed by atoms with Crippen molar-refractivity contribution in [2.45, 2.75) is 25.8 Å². The van der Waals surface area contributed by atoms with E-state index in [4.69, 9.17) is 10.5 Å². The fourth-order valence-corrected chi connectivity index (χ4v) is 3.42. The molecule has 0 bridgehead atoms. The second kappa shape index (κ2) is 7.21. The summed E-state index contributed by atoms with van der Waals surface area (Å²) in [5.74, 6) is -0.581. The fourth-order valence-electron chi connectivity index (χ4n) is 3.42. The van der Waals surface area contributed by atoms with Gasteiger partial charge in [0.15, 0.2) is 0 Å². The van der Waals surface area contributed by atoms with Crippen molar-refractivity contribution in [2.75, 3.05) is 37.7 Å². The zero-order valence-electron chi connectivity index (χ0n) is 14.1. The highest BCUT2D eigenvalue weighted by molar-refractivity contribution is 5.95. The number of hydrogen-bond acceptors (Lipinski definition) is 4. The Morgan fingerprint density at radius 1 is 1.12 bits per heavy atom. The Morgan fingerprint density at radius 2 is 1.79 bits per heavy atom. The summed E-state index contributed by atoms with van der Waals surface area (Å²) in [5.41, 5.74) is 7.19. The Kier molecular flexibility index (Phi) is 5.04. The van der Waals surface area contributed by atoms with Crippen LogP contribution in [0.1, 0.15) is 30.1 Å². The molecule has 1 aromatic rings. The molecule has 24 heavy (non-hydrogen) atoms. The molecule has 2 N–H and O–H groups in total. The molecule has 6 heteroatoms. The van der Waals surface area contributed by atoms with Crippen LogP contribution < -0.4 is 10.6 Å². The zero-order valence-corrected chi connectivity index (χ0v) is 14.1. The van der Waals surface area contributed by atoms with Crippen molar-refractivity contribution >= 4 is 17.5 Å². The number of hydrogen-bond donors (Lipinski definition) is 1. The lowest BCUT2D eigenvalue weighted by Gasteiger charge is -2.37. The number of primary amides is 1. The lowest BCUT2D eigenvalue weighted by Crippen LogP contribution is -2.48. The maximum Gasteiger partial charge on any atom is 0.254 e. The van der Waals surface area contributed by atoms with Crippen LogP contribution in [-0.4, -0.2) is 55.6 Å². The van der Waals surface area contributed by atoms with E-state index in [1.54, 1.807) is 4.90 Å². The van der Waals surface area contributed by atoms with Crippen LogP contribution in [0, 0.1) is 5.92 Å². The maximum absolute atomic E-state index is 12.8. The molecule has 0 saturated carbocycles. The smallest absolute Gasteiger partial charge is 0.254 e. The van der Waals surface area contributed by atoms with Gasteiger partial charge < -0.3 is 20.3 Å². The third-order valence-electron chi connectivity index (χ3n) is 5.04. The van der Waals surface area contributed by atoms with E-state index in [2.05, 4.69) is 4.90 Å². The highest BCUT2D eigenvalue weighted by Crippen LogP contribution is 2.24. The van der Waals surface area contributed by atoms with Gasteiger partial charge in [0.25, 0.3) is 5.91 Å². The predicted molar refractivity (Wildman–Crippen MR) is 91.9 cm³/mol. The van der Waals surface area contributed by atoms with Gasteiger partial charge in [0.2, 0.25) is 5.91 Å². The van der Waals surface area contributed by atoms with E-state index >= 15 is 0 Å². The van der Waals surface area contributed by atoms with Gasteiger partial charge >= 0.3 is 0 Å². The van der Waals surface area contributed by atoms with E-state index in [9.17, 15) is 9.59 Å². The first-order chi connectivity index (χ1) is 11.6. The number of piperidine rings is 1. The van der Waals surface area contributed by atoms with E-state index < -0.39 is 0 Å². The Hall–Kier alpha value is -2.08. The van der Waals surface area contributed by atoms with Gasteiger partial charge in [-0.05, 0) is 44.0 Å². The van der Waals surface area contributed by atoms with Crippen molar-refractivity contribution in [1.29, 1.82) is 0 Å². The quantitative estimate of drug-likeness (QED) is 0.904. The monoisotopic (exact) mass is 331 g/mol. The fraction of sp³-hybridized carbons (Fsp3) is 0.556. The molecule has 0 aliphatic carbocycles. The Balaban J connectivity index is 1.70. The van der Waals surface area contributed by atoms with Crippen molar-refractivity contribution in [2.24, 2.45) is 11.7 Å². The minimum Gasteiger partial charge on any atom is -0.378 e. The van der Waals surface area contributed by atoms with Crippen LogP contribution in [0.5, 0.6) is 0 Å². The first-order valence-electron chi connectivity index (χ1n) is 8.59. The first kappa shape index (κ1) is 16.8. The minimum absolute atomic E-state index is 0.0259. The number of rotatable bonds is 3. The molecule has 0 spiro atoms. The summed E-state index contributed by atoms with van der Waals surface area (Å²) < 4.78 is 5.36. The van der Waals surface area contributed by atoms with Crippen molar-refractivity contribution in [3.63, 3.8) is 0 Å². The van der Waals surface area contributed by atoms with Crippen LogP contribution in [0.3, 0.4) is 0 Å². The molecule has 2 aliphatic heterocycles. The van der Waals surface area contributed by atoms with Gasteiger partial charge in [0.1, 0.15) is 0 Å². The second-order valence-corrected chi connectivity index (χ2v) is 6.63. The standard InChI is InChI=1S/C18H25N3O3/c1-13-2-3-15(17(19)22)12-21(13)18(23)14-4-6-16(7-5-14)20-8-10-24-11-9-20/h4-7,13,15H,2-3,8-12H2,1H3,(H2,19,22)/t13-,15+/m1/s1. The summed E-state index contributed by atoms with van der Waals surface area (Å²) in [7, 11) is 0. The number of ether oxygens (including phenoxy) is 1. The maximum atomic E-state index is 12.8. The molecule has 130 valence electrons. The van der Waals surface area contributed by atoms with Crippen LogP contribution in [0.2, 0.25) is 0 Å². The molecule has 2 aliphatic rings. The van der Waals surface area contributed by atoms with Crippen molar-refractivity contribution in [3.8, 4) is 0 Å². The first-order valence-corrected chi connectivity index (χ1v) is 8.59. The SMILES string of the molecule is C[C@@H]1CC[C@H](C(N)=O)CN1C(=O)c1ccc(N2CCOCC2)cc1.